The molecule has 0 aliphatic heterocycles. The van der Waals surface area contributed by atoms with Crippen LogP contribution in [0.1, 0.15) is 45.4 Å². The number of aromatic nitrogens is 2. The molecule has 2 rings (SSSR count). The van der Waals surface area contributed by atoms with Gasteiger partial charge in [-0.3, -0.25) is 4.79 Å². The predicted octanol–water partition coefficient (Wildman–Crippen LogP) is 2.87. The van der Waals surface area contributed by atoms with Gasteiger partial charge in [-0.05, 0) is 44.5 Å². The third-order valence-electron chi connectivity index (χ3n) is 3.25. The van der Waals surface area contributed by atoms with Crippen molar-refractivity contribution in [3.05, 3.63) is 46.8 Å². The molecule has 0 radical (unpaired) electrons. The number of benzene rings is 1. The molecular weight excluding hydrogens is 268 g/mol. The largest absolute Gasteiger partial charge is 0.462 e. The maximum absolute atomic E-state index is 11.7. The highest BCUT2D eigenvalue weighted by atomic mass is 16.5. The van der Waals surface area contributed by atoms with Crippen molar-refractivity contribution in [1.82, 2.24) is 9.78 Å². The standard InChI is InChI=1S/C16H18N2O3/c1-4-9-21-16(20)13-5-7-14(8-6-13)18-12(3)15(10-19)11(2)17-18/h5-8,10H,4,9H2,1-3H3. The first-order chi connectivity index (χ1) is 10.1. The highest BCUT2D eigenvalue weighted by Crippen LogP contribution is 2.17. The molecule has 0 N–H and O–H groups in total. The zero-order valence-electron chi connectivity index (χ0n) is 12.4. The van der Waals surface area contributed by atoms with Crippen LogP contribution in [0.25, 0.3) is 5.69 Å². The Morgan fingerprint density at radius 3 is 2.48 bits per heavy atom. The van der Waals surface area contributed by atoms with Gasteiger partial charge in [0.05, 0.1) is 34.8 Å². The van der Waals surface area contributed by atoms with Crippen molar-refractivity contribution in [2.75, 3.05) is 6.61 Å². The summed E-state index contributed by atoms with van der Waals surface area (Å²) in [7, 11) is 0. The molecule has 0 bridgehead atoms. The molecule has 5 heteroatoms. The quantitative estimate of drug-likeness (QED) is 0.626. The van der Waals surface area contributed by atoms with Gasteiger partial charge < -0.3 is 4.74 Å². The number of ether oxygens (including phenoxy) is 1. The summed E-state index contributed by atoms with van der Waals surface area (Å²) in [6.45, 7) is 6.00. The molecule has 21 heavy (non-hydrogen) atoms. The van der Waals surface area contributed by atoms with E-state index in [1.54, 1.807) is 35.9 Å². The van der Waals surface area contributed by atoms with Crippen LogP contribution < -0.4 is 0 Å². The summed E-state index contributed by atoms with van der Waals surface area (Å²) in [5, 5.41) is 4.34. The molecule has 0 saturated heterocycles. The van der Waals surface area contributed by atoms with Gasteiger partial charge in [-0.15, -0.1) is 0 Å². The van der Waals surface area contributed by atoms with E-state index in [0.29, 0.717) is 23.4 Å². The summed E-state index contributed by atoms with van der Waals surface area (Å²) in [4.78, 5) is 22.8. The molecule has 2 aromatic rings. The van der Waals surface area contributed by atoms with Crippen LogP contribution in [0, 0.1) is 13.8 Å². The molecular formula is C16H18N2O3. The van der Waals surface area contributed by atoms with E-state index in [0.717, 1.165) is 24.1 Å². The van der Waals surface area contributed by atoms with Crippen LogP contribution in [0.4, 0.5) is 0 Å². The Kier molecular flexibility index (Phi) is 4.52. The number of hydrogen-bond acceptors (Lipinski definition) is 4. The molecule has 0 atom stereocenters. The fourth-order valence-electron chi connectivity index (χ4n) is 2.09. The molecule has 1 aromatic carbocycles. The smallest absolute Gasteiger partial charge is 0.338 e. The Hall–Kier alpha value is -2.43. The van der Waals surface area contributed by atoms with Gasteiger partial charge in [-0.2, -0.15) is 5.10 Å². The van der Waals surface area contributed by atoms with Crippen LogP contribution >= 0.6 is 0 Å². The summed E-state index contributed by atoms with van der Waals surface area (Å²) >= 11 is 0. The minimum atomic E-state index is -0.328. The summed E-state index contributed by atoms with van der Waals surface area (Å²) in [5.74, 6) is -0.328. The lowest BCUT2D eigenvalue weighted by Gasteiger charge is -2.06. The number of hydrogen-bond donors (Lipinski definition) is 0. The van der Waals surface area contributed by atoms with Crippen LogP contribution in [-0.4, -0.2) is 28.6 Å². The number of aryl methyl sites for hydroxylation is 1. The van der Waals surface area contributed by atoms with Crippen molar-refractivity contribution in [2.24, 2.45) is 0 Å². The number of nitrogens with zero attached hydrogens (tertiary/aromatic N) is 2. The summed E-state index contributed by atoms with van der Waals surface area (Å²) in [5.41, 5.74) is 3.37. The van der Waals surface area contributed by atoms with E-state index in [1.165, 1.54) is 0 Å². The zero-order chi connectivity index (χ0) is 15.4. The van der Waals surface area contributed by atoms with Crippen LogP contribution in [0.15, 0.2) is 24.3 Å². The first-order valence-electron chi connectivity index (χ1n) is 6.87. The third-order valence-corrected chi connectivity index (χ3v) is 3.25. The van der Waals surface area contributed by atoms with Gasteiger partial charge in [0.15, 0.2) is 6.29 Å². The summed E-state index contributed by atoms with van der Waals surface area (Å²) < 4.78 is 6.77. The molecule has 0 saturated carbocycles. The lowest BCUT2D eigenvalue weighted by atomic mass is 10.2. The van der Waals surface area contributed by atoms with Crippen molar-refractivity contribution in [2.45, 2.75) is 27.2 Å². The number of rotatable bonds is 5. The monoisotopic (exact) mass is 286 g/mol. The molecule has 0 aliphatic rings. The second-order valence-corrected chi connectivity index (χ2v) is 4.80. The maximum Gasteiger partial charge on any atom is 0.338 e. The van der Waals surface area contributed by atoms with E-state index in [4.69, 9.17) is 4.74 Å². The van der Waals surface area contributed by atoms with Gasteiger partial charge in [0.25, 0.3) is 0 Å². The fraction of sp³-hybridized carbons (Fsp3) is 0.312. The Labute approximate surface area is 123 Å². The van der Waals surface area contributed by atoms with E-state index in [-0.39, 0.29) is 5.97 Å². The summed E-state index contributed by atoms with van der Waals surface area (Å²) in [6, 6.07) is 6.97. The number of esters is 1. The topological polar surface area (TPSA) is 61.2 Å². The molecule has 0 spiro atoms. The minimum absolute atomic E-state index is 0.328. The lowest BCUT2D eigenvalue weighted by molar-refractivity contribution is 0.0505. The van der Waals surface area contributed by atoms with Crippen molar-refractivity contribution in [3.8, 4) is 5.69 Å². The average molecular weight is 286 g/mol. The Morgan fingerprint density at radius 2 is 1.95 bits per heavy atom. The van der Waals surface area contributed by atoms with Crippen molar-refractivity contribution in [3.63, 3.8) is 0 Å². The Balaban J connectivity index is 2.27. The molecule has 110 valence electrons. The highest BCUT2D eigenvalue weighted by Gasteiger charge is 2.13. The second kappa shape index (κ2) is 6.35. The van der Waals surface area contributed by atoms with Crippen LogP contribution in [0.5, 0.6) is 0 Å². The highest BCUT2D eigenvalue weighted by molar-refractivity contribution is 5.89. The molecule has 1 heterocycles. The van der Waals surface area contributed by atoms with E-state index in [2.05, 4.69) is 5.10 Å². The van der Waals surface area contributed by atoms with Crippen LogP contribution in [0.2, 0.25) is 0 Å². The van der Waals surface area contributed by atoms with Gasteiger partial charge in [0, 0.05) is 0 Å². The van der Waals surface area contributed by atoms with E-state index < -0.39 is 0 Å². The average Bonchev–Trinajstić information content (AvgIpc) is 2.79. The number of aldehydes is 1. The molecule has 0 fully saturated rings. The van der Waals surface area contributed by atoms with Gasteiger partial charge in [0.1, 0.15) is 0 Å². The third kappa shape index (κ3) is 3.02. The molecule has 0 amide bonds. The number of carbonyl (C=O) groups is 2. The van der Waals surface area contributed by atoms with E-state index in [1.807, 2.05) is 13.8 Å². The zero-order valence-corrected chi connectivity index (χ0v) is 12.4. The van der Waals surface area contributed by atoms with Crippen LogP contribution in [-0.2, 0) is 4.74 Å². The molecule has 1 aromatic heterocycles. The normalized spacial score (nSPS) is 10.4. The Morgan fingerprint density at radius 1 is 1.29 bits per heavy atom. The first-order valence-corrected chi connectivity index (χ1v) is 6.87. The van der Waals surface area contributed by atoms with Gasteiger partial charge in [-0.25, -0.2) is 9.48 Å². The Bertz CT molecular complexity index is 657. The van der Waals surface area contributed by atoms with Gasteiger partial charge in [-0.1, -0.05) is 6.92 Å². The first kappa shape index (κ1) is 15.0. The predicted molar refractivity (Wildman–Crippen MR) is 79.0 cm³/mol. The van der Waals surface area contributed by atoms with E-state index >= 15 is 0 Å². The fourth-order valence-corrected chi connectivity index (χ4v) is 2.09. The summed E-state index contributed by atoms with van der Waals surface area (Å²) in [6.07, 6.45) is 1.61. The molecule has 5 nitrogen and oxygen atoms in total. The van der Waals surface area contributed by atoms with Gasteiger partial charge >= 0.3 is 5.97 Å². The van der Waals surface area contributed by atoms with E-state index in [9.17, 15) is 9.59 Å². The van der Waals surface area contributed by atoms with Crippen LogP contribution in [0.3, 0.4) is 0 Å². The minimum Gasteiger partial charge on any atom is -0.462 e. The van der Waals surface area contributed by atoms with Gasteiger partial charge in [0.2, 0.25) is 0 Å². The molecule has 0 aliphatic carbocycles. The van der Waals surface area contributed by atoms with Crippen molar-refractivity contribution in [1.29, 1.82) is 0 Å². The SMILES string of the molecule is CCCOC(=O)c1ccc(-n2nc(C)c(C=O)c2C)cc1. The maximum atomic E-state index is 11.7. The molecule has 0 unspecified atom stereocenters. The number of carbonyl (C=O) groups excluding carboxylic acids is 2. The second-order valence-electron chi connectivity index (χ2n) is 4.80. The lowest BCUT2D eigenvalue weighted by Crippen LogP contribution is -2.06. The van der Waals surface area contributed by atoms with Crippen molar-refractivity contribution >= 4 is 12.3 Å². The van der Waals surface area contributed by atoms with Crippen molar-refractivity contribution < 1.29 is 14.3 Å².